The van der Waals surface area contributed by atoms with Gasteiger partial charge in [-0.1, -0.05) is 47.0 Å². The lowest BCUT2D eigenvalue weighted by atomic mass is 9.70. The standard InChI is InChI=1S/C22H41N5O4Si2/c1-18(2,3)20(28)14(11-30-19(4,5)6)31-22(33(9)10,21(20,29)32(7)8)27-13-26-15-16(23)24-12-25-17(15)27/h12-14,28-29,32-33H,11H2,1-10H3,(H2,23,24,25)/t14-,20+,21+,22+/m1/s1. The van der Waals surface area contributed by atoms with E-state index >= 15 is 0 Å². The van der Waals surface area contributed by atoms with Gasteiger partial charge in [0.15, 0.2) is 16.8 Å². The molecule has 1 aliphatic rings. The fourth-order valence-electron chi connectivity index (χ4n) is 5.49. The number of ether oxygens (including phenoxy) is 2. The third kappa shape index (κ3) is 3.59. The van der Waals surface area contributed by atoms with Gasteiger partial charge >= 0.3 is 0 Å². The van der Waals surface area contributed by atoms with E-state index in [1.807, 2.05) is 46.1 Å². The zero-order chi connectivity index (χ0) is 25.2. The van der Waals surface area contributed by atoms with Crippen LogP contribution in [-0.4, -0.2) is 76.5 Å². The normalized spacial score (nSPS) is 31.3. The van der Waals surface area contributed by atoms with E-state index in [4.69, 9.17) is 15.2 Å². The lowest BCUT2D eigenvalue weighted by Crippen LogP contribution is -2.76. The summed E-state index contributed by atoms with van der Waals surface area (Å²) in [5, 5.41) is 22.7. The van der Waals surface area contributed by atoms with Gasteiger partial charge in [0.25, 0.3) is 0 Å². The largest absolute Gasteiger partial charge is 0.386 e. The number of nitrogens with zero attached hydrogens (tertiary/aromatic N) is 4. The zero-order valence-corrected chi connectivity index (χ0v) is 24.0. The molecule has 2 aromatic rings. The van der Waals surface area contributed by atoms with Gasteiger partial charge in [-0.3, -0.25) is 4.57 Å². The minimum absolute atomic E-state index is 0.146. The lowest BCUT2D eigenvalue weighted by Gasteiger charge is -2.55. The maximum Gasteiger partial charge on any atom is 0.167 e. The van der Waals surface area contributed by atoms with E-state index in [9.17, 15) is 10.2 Å². The van der Waals surface area contributed by atoms with Crippen molar-refractivity contribution in [3.63, 3.8) is 0 Å². The smallest absolute Gasteiger partial charge is 0.167 e. The van der Waals surface area contributed by atoms with Crippen LogP contribution < -0.4 is 5.73 Å². The molecule has 4 atom stereocenters. The maximum absolute atomic E-state index is 12.8. The Bertz CT molecular complexity index is 1020. The van der Waals surface area contributed by atoms with E-state index in [0.29, 0.717) is 11.2 Å². The van der Waals surface area contributed by atoms with Crippen LogP contribution in [0.4, 0.5) is 5.82 Å². The minimum Gasteiger partial charge on any atom is -0.386 e. The first-order chi connectivity index (χ1) is 14.9. The average Bonchev–Trinajstić information content (AvgIpc) is 3.18. The number of aromatic nitrogens is 4. The Morgan fingerprint density at radius 3 is 2.15 bits per heavy atom. The summed E-state index contributed by atoms with van der Waals surface area (Å²) < 4.78 is 14.9. The molecule has 1 aliphatic heterocycles. The average molecular weight is 496 g/mol. The summed E-state index contributed by atoms with van der Waals surface area (Å²) in [7, 11) is -4.00. The molecule has 186 valence electrons. The number of rotatable bonds is 5. The van der Waals surface area contributed by atoms with Crippen molar-refractivity contribution in [1.29, 1.82) is 0 Å². The second kappa shape index (κ2) is 8.09. The quantitative estimate of drug-likeness (QED) is 0.536. The topological polar surface area (TPSA) is 129 Å². The Balaban J connectivity index is 2.38. The van der Waals surface area contributed by atoms with Crippen molar-refractivity contribution < 1.29 is 19.7 Å². The van der Waals surface area contributed by atoms with Crippen LogP contribution in [-0.2, 0) is 14.8 Å². The number of aliphatic hydroxyl groups is 2. The van der Waals surface area contributed by atoms with Gasteiger partial charge in [0.05, 0.1) is 36.1 Å². The molecular formula is C22H41N5O4Si2. The third-order valence-corrected chi connectivity index (χ3v) is 12.3. The van der Waals surface area contributed by atoms with Crippen LogP contribution in [0, 0.1) is 5.41 Å². The molecule has 0 unspecified atom stereocenters. The van der Waals surface area contributed by atoms with Gasteiger partial charge in [0.2, 0.25) is 0 Å². The summed E-state index contributed by atoms with van der Waals surface area (Å²) in [6.45, 7) is 20.3. The van der Waals surface area contributed by atoms with Crippen molar-refractivity contribution >= 4 is 34.6 Å². The highest BCUT2D eigenvalue weighted by Gasteiger charge is 2.78. The molecule has 2 aromatic heterocycles. The summed E-state index contributed by atoms with van der Waals surface area (Å²) in [6, 6.07) is 0. The van der Waals surface area contributed by atoms with Gasteiger partial charge in [-0.2, -0.15) is 0 Å². The highest BCUT2D eigenvalue weighted by Crippen LogP contribution is 2.59. The summed E-state index contributed by atoms with van der Waals surface area (Å²) in [6.07, 6.45) is 2.26. The molecule has 3 heterocycles. The Labute approximate surface area is 200 Å². The van der Waals surface area contributed by atoms with Crippen molar-refractivity contribution in [2.24, 2.45) is 5.41 Å². The van der Waals surface area contributed by atoms with Crippen molar-refractivity contribution in [2.45, 2.75) is 95.6 Å². The van der Waals surface area contributed by atoms with E-state index in [1.165, 1.54) is 6.33 Å². The molecule has 9 nitrogen and oxygen atoms in total. The molecule has 0 saturated carbocycles. The molecule has 0 radical (unpaired) electrons. The number of imidazole rings is 1. The van der Waals surface area contributed by atoms with Crippen molar-refractivity contribution in [3.8, 4) is 0 Å². The number of fused-ring (bicyclic) bond motifs is 1. The molecular weight excluding hydrogens is 454 g/mol. The molecule has 0 bridgehead atoms. The third-order valence-electron chi connectivity index (χ3n) is 7.06. The Morgan fingerprint density at radius 1 is 1.06 bits per heavy atom. The number of hydrogen-bond donors (Lipinski definition) is 3. The van der Waals surface area contributed by atoms with Crippen LogP contribution in [0.15, 0.2) is 12.7 Å². The summed E-state index contributed by atoms with van der Waals surface area (Å²) >= 11 is 0. The van der Waals surface area contributed by atoms with Gasteiger partial charge in [-0.15, -0.1) is 0 Å². The predicted molar refractivity (Wildman–Crippen MR) is 135 cm³/mol. The molecule has 0 amide bonds. The molecule has 11 heteroatoms. The van der Waals surface area contributed by atoms with Gasteiger partial charge in [0.1, 0.15) is 28.8 Å². The summed E-state index contributed by atoms with van der Waals surface area (Å²) in [5.41, 5.74) is 4.30. The summed E-state index contributed by atoms with van der Waals surface area (Å²) in [4.78, 5) is 13.0. The van der Waals surface area contributed by atoms with Crippen LogP contribution in [0.5, 0.6) is 0 Å². The first kappa shape index (κ1) is 26.2. The molecule has 33 heavy (non-hydrogen) atoms. The number of hydrogen-bond acceptors (Lipinski definition) is 8. The fourth-order valence-corrected chi connectivity index (χ4v) is 12.3. The number of nitrogen functional groups attached to an aromatic ring is 1. The highest BCUT2D eigenvalue weighted by molar-refractivity contribution is 6.66. The Hall–Kier alpha value is -1.38. The second-order valence-corrected chi connectivity index (χ2v) is 18.1. The lowest BCUT2D eigenvalue weighted by molar-refractivity contribution is -0.184. The number of anilines is 1. The highest BCUT2D eigenvalue weighted by atomic mass is 28.3. The van der Waals surface area contributed by atoms with E-state index in [-0.39, 0.29) is 12.4 Å². The molecule has 1 fully saturated rings. The SMILES string of the molecule is C[SiH](C)[C@]1(O)[C@@](n2cnc3c(N)ncnc32)([SiH](C)C)O[C@H](COC(C)(C)C)[C@]1(O)C(C)(C)C. The van der Waals surface area contributed by atoms with Gasteiger partial charge < -0.3 is 25.4 Å². The molecule has 4 N–H and O–H groups in total. The van der Waals surface area contributed by atoms with Gasteiger partial charge in [-0.25, -0.2) is 15.0 Å². The van der Waals surface area contributed by atoms with E-state index in [0.717, 1.165) is 0 Å². The summed E-state index contributed by atoms with van der Waals surface area (Å²) in [5.74, 6) is 0.265. The van der Waals surface area contributed by atoms with Crippen LogP contribution in [0.3, 0.4) is 0 Å². The van der Waals surface area contributed by atoms with Crippen molar-refractivity contribution in [3.05, 3.63) is 12.7 Å². The molecule has 0 spiro atoms. The van der Waals surface area contributed by atoms with E-state index < -0.39 is 50.9 Å². The minimum atomic E-state index is -2.05. The molecule has 1 saturated heterocycles. The van der Waals surface area contributed by atoms with Crippen molar-refractivity contribution in [2.75, 3.05) is 12.3 Å². The van der Waals surface area contributed by atoms with Gasteiger partial charge in [-0.05, 0) is 26.2 Å². The van der Waals surface area contributed by atoms with Crippen LogP contribution in [0.2, 0.25) is 26.2 Å². The predicted octanol–water partition coefficient (Wildman–Crippen LogP) is 1.84. The van der Waals surface area contributed by atoms with Crippen LogP contribution in [0.25, 0.3) is 11.2 Å². The molecule has 0 aliphatic carbocycles. The molecule has 0 aromatic carbocycles. The molecule has 3 rings (SSSR count). The van der Waals surface area contributed by atoms with Gasteiger partial charge in [0, 0.05) is 0 Å². The Morgan fingerprint density at radius 2 is 1.67 bits per heavy atom. The number of nitrogens with two attached hydrogens (primary N) is 1. The van der Waals surface area contributed by atoms with Crippen LogP contribution >= 0.6 is 0 Å². The maximum atomic E-state index is 12.8. The van der Waals surface area contributed by atoms with E-state index in [2.05, 4.69) is 41.1 Å². The fraction of sp³-hybridized carbons (Fsp3) is 0.773. The first-order valence-corrected chi connectivity index (χ1v) is 17.4. The van der Waals surface area contributed by atoms with Crippen molar-refractivity contribution in [1.82, 2.24) is 19.5 Å². The first-order valence-electron chi connectivity index (χ1n) is 11.7. The van der Waals surface area contributed by atoms with E-state index in [1.54, 1.807) is 6.33 Å². The van der Waals surface area contributed by atoms with Crippen LogP contribution in [0.1, 0.15) is 41.5 Å². The second-order valence-electron chi connectivity index (χ2n) is 11.9. The Kier molecular flexibility index (Phi) is 6.43. The zero-order valence-electron chi connectivity index (χ0n) is 21.7. The monoisotopic (exact) mass is 495 g/mol.